The summed E-state index contributed by atoms with van der Waals surface area (Å²) in [6.45, 7) is 10.3. The normalized spacial score (nSPS) is 11.2. The van der Waals surface area contributed by atoms with E-state index in [9.17, 15) is 4.79 Å². The molecule has 2 aromatic carbocycles. The van der Waals surface area contributed by atoms with Crippen LogP contribution in [0.3, 0.4) is 0 Å². The highest BCUT2D eigenvalue weighted by molar-refractivity contribution is 6.13. The third kappa shape index (κ3) is 4.65. The maximum absolute atomic E-state index is 12.6. The summed E-state index contributed by atoms with van der Waals surface area (Å²) >= 11 is 0. The van der Waals surface area contributed by atoms with Crippen molar-refractivity contribution < 1.29 is 14.3 Å². The van der Waals surface area contributed by atoms with Gasteiger partial charge in [-0.15, -0.1) is 0 Å². The molecule has 0 amide bonds. The minimum Gasteiger partial charge on any atom is -0.497 e. The number of ether oxygens (including phenoxy) is 2. The summed E-state index contributed by atoms with van der Waals surface area (Å²) in [6, 6.07) is 9.99. The van der Waals surface area contributed by atoms with Gasteiger partial charge in [0.05, 0.1) is 24.9 Å². The summed E-state index contributed by atoms with van der Waals surface area (Å²) in [4.78, 5) is 19.6. The predicted molar refractivity (Wildman–Crippen MR) is 123 cm³/mol. The van der Waals surface area contributed by atoms with Crippen molar-refractivity contribution in [2.45, 2.75) is 27.2 Å². The Morgan fingerprint density at radius 3 is 2.57 bits per heavy atom. The Kier molecular flexibility index (Phi) is 7.46. The Balaban J connectivity index is 1.99. The van der Waals surface area contributed by atoms with E-state index in [1.165, 1.54) is 0 Å². The number of methoxy groups -OCH3 is 1. The largest absolute Gasteiger partial charge is 0.497 e. The number of esters is 1. The molecule has 1 aromatic heterocycles. The number of nitrogens with zero attached hydrogens (tertiary/aromatic N) is 2. The van der Waals surface area contributed by atoms with E-state index < -0.39 is 0 Å². The second-order valence-corrected chi connectivity index (χ2v) is 7.12. The predicted octanol–water partition coefficient (Wildman–Crippen LogP) is 4.72. The van der Waals surface area contributed by atoms with E-state index in [0.717, 1.165) is 65.7 Å². The molecule has 0 aliphatic rings. The van der Waals surface area contributed by atoms with Crippen molar-refractivity contribution in [1.29, 1.82) is 0 Å². The number of rotatable bonds is 10. The van der Waals surface area contributed by atoms with Crippen molar-refractivity contribution in [3.63, 3.8) is 0 Å². The average molecular weight is 410 g/mol. The summed E-state index contributed by atoms with van der Waals surface area (Å²) in [7, 11) is 1.66. The molecular formula is C24H31N3O3. The van der Waals surface area contributed by atoms with Crippen LogP contribution in [0.25, 0.3) is 21.7 Å². The first-order valence-corrected chi connectivity index (χ1v) is 10.7. The maximum atomic E-state index is 12.6. The van der Waals surface area contributed by atoms with Crippen LogP contribution in [0.15, 0.2) is 36.5 Å². The van der Waals surface area contributed by atoms with Crippen LogP contribution in [0.1, 0.15) is 37.6 Å². The van der Waals surface area contributed by atoms with Crippen LogP contribution in [0, 0.1) is 0 Å². The summed E-state index contributed by atoms with van der Waals surface area (Å²) in [5.41, 5.74) is 2.12. The highest BCUT2D eigenvalue weighted by Crippen LogP contribution is 2.33. The Labute approximate surface area is 178 Å². The smallest absolute Gasteiger partial charge is 0.341 e. The quantitative estimate of drug-likeness (QED) is 0.297. The first-order valence-electron chi connectivity index (χ1n) is 10.7. The zero-order chi connectivity index (χ0) is 21.5. The lowest BCUT2D eigenvalue weighted by Gasteiger charge is -2.19. The summed E-state index contributed by atoms with van der Waals surface area (Å²) < 4.78 is 10.6. The SMILES string of the molecule is CCOC(=O)c1cnc2c(ccc3cc(OC)ccc32)c1NCCCN(CC)CC. The number of pyridine rings is 1. The van der Waals surface area contributed by atoms with E-state index in [0.29, 0.717) is 12.2 Å². The third-order valence-corrected chi connectivity index (χ3v) is 5.40. The van der Waals surface area contributed by atoms with Crippen molar-refractivity contribution in [2.75, 3.05) is 45.2 Å². The van der Waals surface area contributed by atoms with Gasteiger partial charge in [-0.2, -0.15) is 0 Å². The summed E-state index contributed by atoms with van der Waals surface area (Å²) in [6.07, 6.45) is 2.61. The van der Waals surface area contributed by atoms with Gasteiger partial charge in [0.15, 0.2) is 0 Å². The number of carbonyl (C=O) groups excluding carboxylic acids is 1. The molecule has 6 nitrogen and oxygen atoms in total. The lowest BCUT2D eigenvalue weighted by Crippen LogP contribution is -2.25. The van der Waals surface area contributed by atoms with Crippen molar-refractivity contribution >= 4 is 33.3 Å². The minimum absolute atomic E-state index is 0.329. The number of nitrogens with one attached hydrogen (secondary N) is 1. The van der Waals surface area contributed by atoms with Gasteiger partial charge in [0.2, 0.25) is 0 Å². The van der Waals surface area contributed by atoms with Gasteiger partial charge in [0.25, 0.3) is 0 Å². The monoisotopic (exact) mass is 409 g/mol. The topological polar surface area (TPSA) is 63.7 Å². The fraction of sp³-hybridized carbons (Fsp3) is 0.417. The molecule has 0 aliphatic heterocycles. The number of fused-ring (bicyclic) bond motifs is 3. The average Bonchev–Trinajstić information content (AvgIpc) is 2.78. The molecule has 3 rings (SSSR count). The molecule has 1 N–H and O–H groups in total. The maximum Gasteiger partial charge on any atom is 0.341 e. The van der Waals surface area contributed by atoms with Gasteiger partial charge < -0.3 is 19.7 Å². The number of aromatic nitrogens is 1. The number of benzene rings is 2. The van der Waals surface area contributed by atoms with E-state index in [2.05, 4.69) is 29.0 Å². The Bertz CT molecular complexity index is 1020. The molecule has 0 saturated heterocycles. The van der Waals surface area contributed by atoms with Gasteiger partial charge in [-0.3, -0.25) is 4.98 Å². The van der Waals surface area contributed by atoms with E-state index in [-0.39, 0.29) is 5.97 Å². The van der Waals surface area contributed by atoms with Crippen LogP contribution >= 0.6 is 0 Å². The Morgan fingerprint density at radius 1 is 1.10 bits per heavy atom. The van der Waals surface area contributed by atoms with Crippen molar-refractivity contribution in [1.82, 2.24) is 9.88 Å². The zero-order valence-electron chi connectivity index (χ0n) is 18.3. The molecule has 160 valence electrons. The van der Waals surface area contributed by atoms with Crippen molar-refractivity contribution in [2.24, 2.45) is 0 Å². The standard InChI is InChI=1S/C24H31N3O3/c1-5-27(6-2)14-8-13-25-23-20-11-9-17-15-18(29-4)10-12-19(17)22(20)26-16-21(23)24(28)30-7-3/h9-12,15-16H,5-8,13-14H2,1-4H3,(H,25,26). The Morgan fingerprint density at radius 2 is 1.87 bits per heavy atom. The van der Waals surface area contributed by atoms with Gasteiger partial charge in [-0.1, -0.05) is 26.0 Å². The lowest BCUT2D eigenvalue weighted by molar-refractivity contribution is 0.0527. The van der Waals surface area contributed by atoms with Crippen LogP contribution in [-0.2, 0) is 4.74 Å². The molecule has 1 heterocycles. The molecule has 0 radical (unpaired) electrons. The highest BCUT2D eigenvalue weighted by Gasteiger charge is 2.18. The molecule has 30 heavy (non-hydrogen) atoms. The molecule has 6 heteroatoms. The van der Waals surface area contributed by atoms with Crippen LogP contribution in [0.4, 0.5) is 5.69 Å². The summed E-state index contributed by atoms with van der Waals surface area (Å²) in [5.74, 6) is 0.452. The molecule has 0 saturated carbocycles. The highest BCUT2D eigenvalue weighted by atomic mass is 16.5. The van der Waals surface area contributed by atoms with Gasteiger partial charge in [0, 0.05) is 23.5 Å². The third-order valence-electron chi connectivity index (χ3n) is 5.40. The van der Waals surface area contributed by atoms with Crippen molar-refractivity contribution in [3.8, 4) is 5.75 Å². The van der Waals surface area contributed by atoms with Gasteiger partial charge >= 0.3 is 5.97 Å². The van der Waals surface area contributed by atoms with Crippen LogP contribution in [0.2, 0.25) is 0 Å². The minimum atomic E-state index is -0.354. The van der Waals surface area contributed by atoms with E-state index in [1.54, 1.807) is 13.3 Å². The van der Waals surface area contributed by atoms with Crippen LogP contribution in [0.5, 0.6) is 5.75 Å². The molecule has 0 unspecified atom stereocenters. The fourth-order valence-electron chi connectivity index (χ4n) is 3.71. The second-order valence-electron chi connectivity index (χ2n) is 7.12. The van der Waals surface area contributed by atoms with Crippen LogP contribution < -0.4 is 10.1 Å². The first kappa shape index (κ1) is 21.8. The summed E-state index contributed by atoms with van der Waals surface area (Å²) in [5, 5.41) is 6.48. The van der Waals surface area contributed by atoms with Crippen molar-refractivity contribution in [3.05, 3.63) is 42.1 Å². The Hall–Kier alpha value is -2.86. The van der Waals surface area contributed by atoms with Gasteiger partial charge in [-0.25, -0.2) is 4.79 Å². The lowest BCUT2D eigenvalue weighted by atomic mass is 10.0. The first-order chi connectivity index (χ1) is 14.6. The molecule has 0 fully saturated rings. The second kappa shape index (κ2) is 10.3. The van der Waals surface area contributed by atoms with E-state index in [4.69, 9.17) is 9.47 Å². The van der Waals surface area contributed by atoms with Gasteiger partial charge in [0.1, 0.15) is 11.3 Å². The molecule has 3 aromatic rings. The molecular weight excluding hydrogens is 378 g/mol. The van der Waals surface area contributed by atoms with Crippen LogP contribution in [-0.4, -0.2) is 55.7 Å². The fourth-order valence-corrected chi connectivity index (χ4v) is 3.71. The number of hydrogen-bond acceptors (Lipinski definition) is 6. The number of carbonyl (C=O) groups is 1. The number of hydrogen-bond donors (Lipinski definition) is 1. The van der Waals surface area contributed by atoms with E-state index >= 15 is 0 Å². The molecule has 0 atom stereocenters. The van der Waals surface area contributed by atoms with Gasteiger partial charge in [-0.05, 0) is 56.6 Å². The van der Waals surface area contributed by atoms with E-state index in [1.807, 2.05) is 37.3 Å². The zero-order valence-corrected chi connectivity index (χ0v) is 18.3. The number of anilines is 1. The molecule has 0 spiro atoms. The molecule has 0 aliphatic carbocycles. The molecule has 0 bridgehead atoms.